The van der Waals surface area contributed by atoms with E-state index in [9.17, 15) is 4.79 Å². The van der Waals surface area contributed by atoms with Gasteiger partial charge in [0.2, 0.25) is 0 Å². The zero-order valence-electron chi connectivity index (χ0n) is 9.24. The highest BCUT2D eigenvalue weighted by Crippen LogP contribution is 2.07. The van der Waals surface area contributed by atoms with Gasteiger partial charge in [0, 0.05) is 11.9 Å². The molecule has 1 N–H and O–H groups in total. The molecule has 0 saturated heterocycles. The van der Waals surface area contributed by atoms with E-state index in [1.54, 1.807) is 25.2 Å². The number of ether oxygens (including phenoxy) is 1. The fourth-order valence-corrected chi connectivity index (χ4v) is 1.71. The van der Waals surface area contributed by atoms with Crippen molar-refractivity contribution in [2.45, 2.75) is 33.4 Å². The lowest BCUT2D eigenvalue weighted by Crippen LogP contribution is -2.34. The maximum absolute atomic E-state index is 11.3. The highest BCUT2D eigenvalue weighted by Gasteiger charge is 2.13. The number of aryl methyl sites for hydroxylation is 1. The van der Waals surface area contributed by atoms with Gasteiger partial charge in [-0.3, -0.25) is 10.1 Å². The molecule has 0 fully saturated rings. The molecule has 1 aromatic heterocycles. The van der Waals surface area contributed by atoms with Crippen LogP contribution in [0.5, 0.6) is 0 Å². The Morgan fingerprint density at radius 1 is 1.73 bits per heavy atom. The van der Waals surface area contributed by atoms with E-state index in [0.29, 0.717) is 13.2 Å². The number of hydrogen-bond acceptors (Lipinski definition) is 5. The van der Waals surface area contributed by atoms with E-state index < -0.39 is 0 Å². The number of hydrogen-bond donors (Lipinski definition) is 1. The monoisotopic (exact) mass is 228 g/mol. The average Bonchev–Trinajstić information content (AvgIpc) is 2.61. The third-order valence-corrected chi connectivity index (χ3v) is 2.72. The van der Waals surface area contributed by atoms with Gasteiger partial charge in [0.1, 0.15) is 6.04 Å². The van der Waals surface area contributed by atoms with E-state index in [1.807, 2.05) is 12.3 Å². The summed E-state index contributed by atoms with van der Waals surface area (Å²) in [6.07, 6.45) is 0. The van der Waals surface area contributed by atoms with E-state index in [4.69, 9.17) is 4.74 Å². The predicted octanol–water partition coefficient (Wildman–Crippen LogP) is 1.49. The van der Waals surface area contributed by atoms with Crippen LogP contribution in [0.15, 0.2) is 5.38 Å². The molecule has 0 bridgehead atoms. The third kappa shape index (κ3) is 3.97. The Morgan fingerprint density at radius 3 is 3.00 bits per heavy atom. The van der Waals surface area contributed by atoms with Crippen molar-refractivity contribution in [2.24, 2.45) is 0 Å². The van der Waals surface area contributed by atoms with Crippen LogP contribution in [-0.2, 0) is 16.1 Å². The molecule has 0 radical (unpaired) electrons. The summed E-state index contributed by atoms with van der Waals surface area (Å²) in [7, 11) is 0. The second kappa shape index (κ2) is 5.82. The van der Waals surface area contributed by atoms with Crippen LogP contribution in [-0.4, -0.2) is 23.6 Å². The molecular formula is C10H16N2O2S. The first-order valence-electron chi connectivity index (χ1n) is 4.94. The molecule has 5 heteroatoms. The first kappa shape index (κ1) is 12.1. The number of nitrogens with zero attached hydrogens (tertiary/aromatic N) is 1. The standard InChI is InChI=1S/C10H16N2O2S/c1-4-14-10(13)7(2)11-5-9-6-15-8(3)12-9/h6-7,11H,4-5H2,1-3H3/t7-/m1/s1. The second-order valence-electron chi connectivity index (χ2n) is 3.21. The van der Waals surface area contributed by atoms with Crippen molar-refractivity contribution in [3.63, 3.8) is 0 Å². The Kier molecular flexibility index (Phi) is 4.71. The minimum absolute atomic E-state index is 0.218. The number of thiazole rings is 1. The molecule has 1 aromatic rings. The van der Waals surface area contributed by atoms with E-state index in [1.165, 1.54) is 0 Å². The van der Waals surface area contributed by atoms with Gasteiger partial charge in [-0.25, -0.2) is 4.98 Å². The molecule has 0 aliphatic heterocycles. The van der Waals surface area contributed by atoms with Crippen molar-refractivity contribution in [3.8, 4) is 0 Å². The van der Waals surface area contributed by atoms with Gasteiger partial charge < -0.3 is 4.74 Å². The highest BCUT2D eigenvalue weighted by molar-refractivity contribution is 7.09. The number of carbonyl (C=O) groups is 1. The van der Waals surface area contributed by atoms with Crippen molar-refractivity contribution in [1.82, 2.24) is 10.3 Å². The Bertz CT molecular complexity index is 325. The Balaban J connectivity index is 2.33. The van der Waals surface area contributed by atoms with Crippen molar-refractivity contribution in [3.05, 3.63) is 16.1 Å². The lowest BCUT2D eigenvalue weighted by atomic mass is 10.3. The maximum atomic E-state index is 11.3. The van der Waals surface area contributed by atoms with Gasteiger partial charge in [-0.15, -0.1) is 11.3 Å². The smallest absolute Gasteiger partial charge is 0.322 e. The molecule has 15 heavy (non-hydrogen) atoms. The predicted molar refractivity (Wildman–Crippen MR) is 59.8 cm³/mol. The number of rotatable bonds is 5. The lowest BCUT2D eigenvalue weighted by molar-refractivity contribution is -0.145. The largest absolute Gasteiger partial charge is 0.465 e. The van der Waals surface area contributed by atoms with Crippen LogP contribution < -0.4 is 5.32 Å². The highest BCUT2D eigenvalue weighted by atomic mass is 32.1. The first-order chi connectivity index (χ1) is 7.13. The minimum atomic E-state index is -0.285. The van der Waals surface area contributed by atoms with Gasteiger partial charge in [-0.2, -0.15) is 0 Å². The van der Waals surface area contributed by atoms with Gasteiger partial charge in [-0.1, -0.05) is 0 Å². The lowest BCUT2D eigenvalue weighted by Gasteiger charge is -2.11. The zero-order valence-corrected chi connectivity index (χ0v) is 10.1. The minimum Gasteiger partial charge on any atom is -0.465 e. The van der Waals surface area contributed by atoms with Gasteiger partial charge in [0.15, 0.2) is 0 Å². The molecule has 0 unspecified atom stereocenters. The van der Waals surface area contributed by atoms with Gasteiger partial charge in [-0.05, 0) is 20.8 Å². The third-order valence-electron chi connectivity index (χ3n) is 1.90. The molecule has 4 nitrogen and oxygen atoms in total. The quantitative estimate of drug-likeness (QED) is 0.776. The Hall–Kier alpha value is -0.940. The molecule has 1 heterocycles. The number of aromatic nitrogens is 1. The fourth-order valence-electron chi connectivity index (χ4n) is 1.10. The molecule has 0 aliphatic carbocycles. The summed E-state index contributed by atoms with van der Waals surface area (Å²) >= 11 is 1.61. The summed E-state index contributed by atoms with van der Waals surface area (Å²) < 4.78 is 4.88. The summed E-state index contributed by atoms with van der Waals surface area (Å²) in [6.45, 7) is 6.57. The molecule has 0 amide bonds. The first-order valence-corrected chi connectivity index (χ1v) is 5.82. The van der Waals surface area contributed by atoms with Crippen molar-refractivity contribution in [1.29, 1.82) is 0 Å². The number of nitrogens with one attached hydrogen (secondary N) is 1. The summed E-state index contributed by atoms with van der Waals surface area (Å²) in [5.41, 5.74) is 0.966. The van der Waals surface area contributed by atoms with Crippen molar-refractivity contribution >= 4 is 17.3 Å². The molecular weight excluding hydrogens is 212 g/mol. The Morgan fingerprint density at radius 2 is 2.47 bits per heavy atom. The molecule has 0 aromatic carbocycles. The van der Waals surface area contributed by atoms with Crippen LogP contribution in [0.1, 0.15) is 24.5 Å². The number of esters is 1. The van der Waals surface area contributed by atoms with Gasteiger partial charge in [0.25, 0.3) is 0 Å². The normalized spacial score (nSPS) is 12.5. The summed E-state index contributed by atoms with van der Waals surface area (Å²) in [5.74, 6) is -0.218. The van der Waals surface area contributed by atoms with E-state index in [0.717, 1.165) is 10.7 Å². The van der Waals surface area contributed by atoms with Crippen LogP contribution in [0, 0.1) is 6.92 Å². The average molecular weight is 228 g/mol. The van der Waals surface area contributed by atoms with Crippen molar-refractivity contribution < 1.29 is 9.53 Å². The topological polar surface area (TPSA) is 51.2 Å². The molecule has 84 valence electrons. The summed E-state index contributed by atoms with van der Waals surface area (Å²) in [6, 6.07) is -0.285. The van der Waals surface area contributed by atoms with Gasteiger partial charge in [0.05, 0.1) is 17.3 Å². The Labute approximate surface area is 93.7 Å². The second-order valence-corrected chi connectivity index (χ2v) is 4.27. The van der Waals surface area contributed by atoms with E-state index in [2.05, 4.69) is 10.3 Å². The van der Waals surface area contributed by atoms with Crippen LogP contribution in [0.4, 0.5) is 0 Å². The SMILES string of the molecule is CCOC(=O)[C@@H](C)NCc1csc(C)n1. The molecule has 0 saturated carbocycles. The van der Waals surface area contributed by atoms with E-state index in [-0.39, 0.29) is 12.0 Å². The molecule has 0 aliphatic rings. The summed E-state index contributed by atoms with van der Waals surface area (Å²) in [5, 5.41) is 6.09. The maximum Gasteiger partial charge on any atom is 0.322 e. The zero-order chi connectivity index (χ0) is 11.3. The van der Waals surface area contributed by atoms with Crippen LogP contribution in [0.3, 0.4) is 0 Å². The van der Waals surface area contributed by atoms with Crippen molar-refractivity contribution in [2.75, 3.05) is 6.61 Å². The number of carbonyl (C=O) groups excluding carboxylic acids is 1. The van der Waals surface area contributed by atoms with Crippen LogP contribution >= 0.6 is 11.3 Å². The van der Waals surface area contributed by atoms with Crippen LogP contribution in [0.2, 0.25) is 0 Å². The molecule has 0 spiro atoms. The van der Waals surface area contributed by atoms with E-state index >= 15 is 0 Å². The summed E-state index contributed by atoms with van der Waals surface area (Å²) in [4.78, 5) is 15.6. The van der Waals surface area contributed by atoms with Crippen LogP contribution in [0.25, 0.3) is 0 Å². The van der Waals surface area contributed by atoms with Gasteiger partial charge >= 0.3 is 5.97 Å². The molecule has 1 atom stereocenters. The molecule has 1 rings (SSSR count). The fraction of sp³-hybridized carbons (Fsp3) is 0.600.